The minimum absolute atomic E-state index is 0.378. The van der Waals surface area contributed by atoms with Crippen molar-refractivity contribution in [2.24, 2.45) is 5.92 Å². The molecule has 0 heterocycles. The van der Waals surface area contributed by atoms with Crippen LogP contribution in [-0.4, -0.2) is 22.3 Å². The highest BCUT2D eigenvalue weighted by molar-refractivity contribution is 5.79. The van der Waals surface area contributed by atoms with Crippen molar-refractivity contribution in [3.8, 4) is 0 Å². The molecule has 0 aliphatic carbocycles. The fraction of sp³-hybridized carbons (Fsp3) is 0.625. The van der Waals surface area contributed by atoms with Crippen LogP contribution in [0.3, 0.4) is 0 Å². The van der Waals surface area contributed by atoms with Gasteiger partial charge in [0.25, 0.3) is 0 Å². The van der Waals surface area contributed by atoms with Crippen LogP contribution in [0.2, 0.25) is 0 Å². The molecule has 0 aromatic carbocycles. The van der Waals surface area contributed by atoms with E-state index in [1.165, 1.54) is 6.08 Å². The van der Waals surface area contributed by atoms with Gasteiger partial charge in [0.2, 0.25) is 0 Å². The maximum Gasteiger partial charge on any atom is 0.328 e. The Hall–Kier alpha value is -0.830. The van der Waals surface area contributed by atoms with Gasteiger partial charge in [-0.2, -0.15) is 0 Å². The Bertz CT molecular complexity index is 149. The summed E-state index contributed by atoms with van der Waals surface area (Å²) in [6.07, 6.45) is 2.23. The summed E-state index contributed by atoms with van der Waals surface area (Å²) in [5.74, 6) is -0.642. The molecule has 0 spiro atoms. The van der Waals surface area contributed by atoms with E-state index in [2.05, 4.69) is 0 Å². The minimum atomic E-state index is -1.02. The van der Waals surface area contributed by atoms with Gasteiger partial charge >= 0.3 is 5.97 Å². The van der Waals surface area contributed by atoms with Gasteiger partial charge < -0.3 is 10.2 Å². The van der Waals surface area contributed by atoms with Gasteiger partial charge in [0, 0.05) is 6.08 Å². The lowest BCUT2D eigenvalue weighted by atomic mass is 10.1. The first-order valence-electron chi connectivity index (χ1n) is 3.61. The van der Waals surface area contributed by atoms with Gasteiger partial charge in [-0.3, -0.25) is 0 Å². The van der Waals surface area contributed by atoms with E-state index in [1.807, 2.05) is 13.8 Å². The number of carboxylic acids is 1. The average Bonchev–Trinajstić information content (AvgIpc) is 1.82. The van der Waals surface area contributed by atoms with Crippen LogP contribution in [0.5, 0.6) is 0 Å². The van der Waals surface area contributed by atoms with Crippen LogP contribution < -0.4 is 0 Å². The van der Waals surface area contributed by atoms with Crippen molar-refractivity contribution in [2.75, 3.05) is 0 Å². The molecule has 0 aliphatic heterocycles. The van der Waals surface area contributed by atoms with Gasteiger partial charge in [-0.15, -0.1) is 0 Å². The predicted octanol–water partition coefficient (Wildman–Crippen LogP) is 1.03. The van der Waals surface area contributed by atoms with E-state index in [9.17, 15) is 4.79 Å². The monoisotopic (exact) mass is 158 g/mol. The molecular formula is C8H14O3. The number of rotatable bonds is 4. The maximum atomic E-state index is 9.99. The van der Waals surface area contributed by atoms with Crippen molar-refractivity contribution in [2.45, 2.75) is 26.4 Å². The Labute approximate surface area is 66.4 Å². The summed E-state index contributed by atoms with van der Waals surface area (Å²) in [6, 6.07) is 0. The molecular weight excluding hydrogens is 144 g/mol. The first-order valence-corrected chi connectivity index (χ1v) is 3.61. The van der Waals surface area contributed by atoms with Gasteiger partial charge in [0.05, 0.1) is 6.10 Å². The zero-order valence-corrected chi connectivity index (χ0v) is 6.82. The highest BCUT2D eigenvalue weighted by Crippen LogP contribution is 2.04. The topological polar surface area (TPSA) is 57.5 Å². The number of aliphatic carboxylic acids is 1. The molecule has 0 fully saturated rings. The van der Waals surface area contributed by atoms with E-state index in [0.29, 0.717) is 12.3 Å². The number of aliphatic hydroxyl groups is 1. The number of aliphatic hydroxyl groups excluding tert-OH is 1. The third-order valence-electron chi connectivity index (χ3n) is 1.17. The Morgan fingerprint density at radius 3 is 2.45 bits per heavy atom. The molecule has 0 rings (SSSR count). The van der Waals surface area contributed by atoms with Crippen molar-refractivity contribution < 1.29 is 15.0 Å². The van der Waals surface area contributed by atoms with E-state index in [1.54, 1.807) is 0 Å². The molecule has 0 aliphatic rings. The summed E-state index contributed by atoms with van der Waals surface area (Å²) in [5, 5.41) is 17.3. The SMILES string of the molecule is CC(C)CC(O)C=CC(=O)O. The van der Waals surface area contributed by atoms with E-state index >= 15 is 0 Å². The van der Waals surface area contributed by atoms with E-state index in [0.717, 1.165) is 6.08 Å². The molecule has 0 aromatic rings. The van der Waals surface area contributed by atoms with Crippen molar-refractivity contribution in [1.82, 2.24) is 0 Å². The maximum absolute atomic E-state index is 9.99. The van der Waals surface area contributed by atoms with Crippen LogP contribution in [0.1, 0.15) is 20.3 Å². The molecule has 0 saturated heterocycles. The molecule has 0 aromatic heterocycles. The molecule has 3 nitrogen and oxygen atoms in total. The van der Waals surface area contributed by atoms with E-state index < -0.39 is 12.1 Å². The van der Waals surface area contributed by atoms with Crippen molar-refractivity contribution in [3.63, 3.8) is 0 Å². The molecule has 2 N–H and O–H groups in total. The Kier molecular flexibility index (Phi) is 4.54. The summed E-state index contributed by atoms with van der Waals surface area (Å²) >= 11 is 0. The molecule has 1 unspecified atom stereocenters. The van der Waals surface area contributed by atoms with Crippen molar-refractivity contribution >= 4 is 5.97 Å². The minimum Gasteiger partial charge on any atom is -0.478 e. The van der Waals surface area contributed by atoms with Crippen LogP contribution in [0, 0.1) is 5.92 Å². The summed E-state index contributed by atoms with van der Waals surface area (Å²) in [7, 11) is 0. The van der Waals surface area contributed by atoms with Crippen LogP contribution in [0.15, 0.2) is 12.2 Å². The quantitative estimate of drug-likeness (QED) is 0.601. The molecule has 11 heavy (non-hydrogen) atoms. The second-order valence-corrected chi connectivity index (χ2v) is 2.89. The van der Waals surface area contributed by atoms with Gasteiger partial charge in [0.1, 0.15) is 0 Å². The van der Waals surface area contributed by atoms with Crippen molar-refractivity contribution in [1.29, 1.82) is 0 Å². The van der Waals surface area contributed by atoms with Crippen LogP contribution >= 0.6 is 0 Å². The Balaban J connectivity index is 3.68. The van der Waals surface area contributed by atoms with E-state index in [4.69, 9.17) is 10.2 Å². The summed E-state index contributed by atoms with van der Waals surface area (Å²) < 4.78 is 0. The largest absolute Gasteiger partial charge is 0.478 e. The molecule has 0 amide bonds. The smallest absolute Gasteiger partial charge is 0.328 e. The highest BCUT2D eigenvalue weighted by atomic mass is 16.4. The number of carbonyl (C=O) groups is 1. The molecule has 0 bridgehead atoms. The van der Waals surface area contributed by atoms with Crippen molar-refractivity contribution in [3.05, 3.63) is 12.2 Å². The van der Waals surface area contributed by atoms with Gasteiger partial charge in [-0.25, -0.2) is 4.79 Å². The second kappa shape index (κ2) is 4.91. The zero-order chi connectivity index (χ0) is 8.85. The third kappa shape index (κ3) is 7.06. The number of hydrogen-bond donors (Lipinski definition) is 2. The fourth-order valence-electron chi connectivity index (χ4n) is 0.755. The van der Waals surface area contributed by atoms with Crippen LogP contribution in [-0.2, 0) is 4.79 Å². The van der Waals surface area contributed by atoms with Gasteiger partial charge in [0.15, 0.2) is 0 Å². The lowest BCUT2D eigenvalue weighted by molar-refractivity contribution is -0.131. The van der Waals surface area contributed by atoms with Crippen LogP contribution in [0.4, 0.5) is 0 Å². The summed E-state index contributed by atoms with van der Waals surface area (Å²) in [5.41, 5.74) is 0. The molecule has 0 radical (unpaired) electrons. The normalized spacial score (nSPS) is 14.2. The molecule has 64 valence electrons. The molecule has 0 saturated carbocycles. The fourth-order valence-corrected chi connectivity index (χ4v) is 0.755. The third-order valence-corrected chi connectivity index (χ3v) is 1.17. The number of carboxylic acid groups (broad SMARTS) is 1. The Morgan fingerprint density at radius 2 is 2.09 bits per heavy atom. The molecule has 3 heteroatoms. The standard InChI is InChI=1S/C8H14O3/c1-6(2)5-7(9)3-4-8(10)11/h3-4,6-7,9H,5H2,1-2H3,(H,10,11). The first-order chi connectivity index (χ1) is 5.02. The lowest BCUT2D eigenvalue weighted by Gasteiger charge is -2.06. The predicted molar refractivity (Wildman–Crippen MR) is 42.2 cm³/mol. The second-order valence-electron chi connectivity index (χ2n) is 2.89. The van der Waals surface area contributed by atoms with Gasteiger partial charge in [-0.05, 0) is 18.4 Å². The van der Waals surface area contributed by atoms with E-state index in [-0.39, 0.29) is 0 Å². The number of hydrogen-bond acceptors (Lipinski definition) is 2. The van der Waals surface area contributed by atoms with Gasteiger partial charge in [-0.1, -0.05) is 13.8 Å². The first kappa shape index (κ1) is 10.2. The summed E-state index contributed by atoms with van der Waals surface area (Å²) in [6.45, 7) is 3.94. The highest BCUT2D eigenvalue weighted by Gasteiger charge is 2.02. The lowest BCUT2D eigenvalue weighted by Crippen LogP contribution is -2.06. The van der Waals surface area contributed by atoms with Crippen LogP contribution in [0.25, 0.3) is 0 Å². The summed E-state index contributed by atoms with van der Waals surface area (Å²) in [4.78, 5) is 9.99. The molecule has 1 atom stereocenters. The average molecular weight is 158 g/mol. The zero-order valence-electron chi connectivity index (χ0n) is 6.82. The Morgan fingerprint density at radius 1 is 1.55 bits per heavy atom.